The molecule has 3 rings (SSSR count). The van der Waals surface area contributed by atoms with Gasteiger partial charge in [-0.2, -0.15) is 5.26 Å². The van der Waals surface area contributed by atoms with Gasteiger partial charge in [0.2, 0.25) is 11.0 Å². The molecule has 1 aliphatic carbocycles. The van der Waals surface area contributed by atoms with Crippen LogP contribution in [-0.4, -0.2) is 40.6 Å². The summed E-state index contributed by atoms with van der Waals surface area (Å²) in [5.74, 6) is 0.556. The fourth-order valence-corrected chi connectivity index (χ4v) is 4.60. The van der Waals surface area contributed by atoms with Crippen molar-refractivity contribution in [1.29, 1.82) is 5.26 Å². The van der Waals surface area contributed by atoms with Gasteiger partial charge in [0.05, 0.1) is 12.0 Å². The van der Waals surface area contributed by atoms with E-state index in [2.05, 4.69) is 26.5 Å². The lowest BCUT2D eigenvalue weighted by atomic mass is 9.90. The van der Waals surface area contributed by atoms with Crippen LogP contribution in [0.1, 0.15) is 62.3 Å². The Morgan fingerprint density at radius 3 is 2.88 bits per heavy atom. The van der Waals surface area contributed by atoms with Crippen LogP contribution in [0.3, 0.4) is 0 Å². The largest absolute Gasteiger partial charge is 0.302 e. The fourth-order valence-electron chi connectivity index (χ4n) is 3.69. The molecule has 0 spiro atoms. The molecule has 1 unspecified atom stereocenters. The van der Waals surface area contributed by atoms with Gasteiger partial charge in [-0.1, -0.05) is 30.6 Å². The summed E-state index contributed by atoms with van der Waals surface area (Å²) in [6.07, 6.45) is 8.69. The van der Waals surface area contributed by atoms with Gasteiger partial charge in [0.1, 0.15) is 5.01 Å². The van der Waals surface area contributed by atoms with Crippen LogP contribution in [-0.2, 0) is 4.79 Å². The number of nitriles is 1. The molecule has 1 aliphatic heterocycles. The van der Waals surface area contributed by atoms with E-state index in [0.717, 1.165) is 37.5 Å². The summed E-state index contributed by atoms with van der Waals surface area (Å²) >= 11 is 1.54. The molecule has 1 saturated heterocycles. The quantitative estimate of drug-likeness (QED) is 0.885. The van der Waals surface area contributed by atoms with Crippen LogP contribution in [0.15, 0.2) is 0 Å². The molecule has 1 atom stereocenters. The highest BCUT2D eigenvalue weighted by molar-refractivity contribution is 7.15. The average molecular weight is 347 g/mol. The first-order valence-electron chi connectivity index (χ1n) is 9.00. The zero-order valence-corrected chi connectivity index (χ0v) is 14.9. The van der Waals surface area contributed by atoms with Crippen molar-refractivity contribution in [2.45, 2.75) is 57.3 Å². The number of aromatic nitrogens is 2. The van der Waals surface area contributed by atoms with E-state index in [0.29, 0.717) is 17.5 Å². The summed E-state index contributed by atoms with van der Waals surface area (Å²) in [6, 6.07) is 2.17. The van der Waals surface area contributed by atoms with Gasteiger partial charge in [0, 0.05) is 25.4 Å². The molecule has 130 valence electrons. The Hall–Kier alpha value is -1.52. The predicted molar refractivity (Wildman–Crippen MR) is 93.8 cm³/mol. The number of nitrogens with zero attached hydrogens (tertiary/aromatic N) is 4. The third kappa shape index (κ3) is 4.52. The highest BCUT2D eigenvalue weighted by Crippen LogP contribution is 2.35. The number of likely N-dealkylation sites (tertiary alicyclic amines) is 1. The van der Waals surface area contributed by atoms with Crippen LogP contribution >= 0.6 is 11.3 Å². The van der Waals surface area contributed by atoms with E-state index in [-0.39, 0.29) is 11.8 Å². The van der Waals surface area contributed by atoms with Gasteiger partial charge in [-0.3, -0.25) is 4.79 Å². The van der Waals surface area contributed by atoms with Crippen LogP contribution < -0.4 is 5.32 Å². The molecule has 24 heavy (non-hydrogen) atoms. The zero-order valence-electron chi connectivity index (χ0n) is 14.0. The molecule has 7 heteroatoms. The third-order valence-corrected chi connectivity index (χ3v) is 6.04. The van der Waals surface area contributed by atoms with Crippen LogP contribution in [0, 0.1) is 17.2 Å². The Labute approximate surface area is 147 Å². The minimum atomic E-state index is -0.0144. The molecule has 0 radical (unpaired) electrons. The fraction of sp³-hybridized carbons (Fsp3) is 0.765. The van der Waals surface area contributed by atoms with Crippen molar-refractivity contribution >= 4 is 22.4 Å². The van der Waals surface area contributed by atoms with Gasteiger partial charge in [0.25, 0.3) is 0 Å². The lowest BCUT2D eigenvalue weighted by molar-refractivity contribution is -0.121. The second kappa shape index (κ2) is 8.54. The molecule has 6 nitrogen and oxygen atoms in total. The normalized spacial score (nSPS) is 22.9. The first kappa shape index (κ1) is 17.3. The van der Waals surface area contributed by atoms with Gasteiger partial charge in [0.15, 0.2) is 0 Å². The van der Waals surface area contributed by atoms with Crippen LogP contribution in [0.4, 0.5) is 5.13 Å². The molecular formula is C17H25N5OS. The van der Waals surface area contributed by atoms with E-state index in [1.165, 1.54) is 43.4 Å². The van der Waals surface area contributed by atoms with Crippen molar-refractivity contribution in [3.05, 3.63) is 5.01 Å². The SMILES string of the molecule is N#CCCN1CCCC(C(=O)Nc2nnc(C3CCCCC3)s2)C1. The van der Waals surface area contributed by atoms with Gasteiger partial charge in [-0.15, -0.1) is 10.2 Å². The molecule has 1 aromatic rings. The van der Waals surface area contributed by atoms with Crippen molar-refractivity contribution in [3.63, 3.8) is 0 Å². The van der Waals surface area contributed by atoms with Crippen molar-refractivity contribution in [2.24, 2.45) is 5.92 Å². The maximum atomic E-state index is 12.5. The number of nitrogens with one attached hydrogen (secondary N) is 1. The lowest BCUT2D eigenvalue weighted by Crippen LogP contribution is -2.41. The van der Waals surface area contributed by atoms with E-state index < -0.39 is 0 Å². The molecule has 0 bridgehead atoms. The van der Waals surface area contributed by atoms with Crippen molar-refractivity contribution in [3.8, 4) is 6.07 Å². The first-order chi connectivity index (χ1) is 11.8. The number of hydrogen-bond donors (Lipinski definition) is 1. The molecule has 0 aromatic carbocycles. The monoisotopic (exact) mass is 347 g/mol. The van der Waals surface area contributed by atoms with E-state index in [1.807, 2.05) is 0 Å². The Kier molecular flexibility index (Phi) is 6.16. The third-order valence-electron chi connectivity index (χ3n) is 5.04. The Morgan fingerprint density at radius 2 is 2.08 bits per heavy atom. The Morgan fingerprint density at radius 1 is 1.25 bits per heavy atom. The van der Waals surface area contributed by atoms with Crippen LogP contribution in [0.5, 0.6) is 0 Å². The molecule has 2 heterocycles. The lowest BCUT2D eigenvalue weighted by Gasteiger charge is -2.31. The number of carbonyl (C=O) groups is 1. The topological polar surface area (TPSA) is 81.9 Å². The standard InChI is InChI=1S/C17H25N5OS/c18-9-5-11-22-10-4-8-14(12-22)15(23)19-17-21-20-16(24-17)13-6-2-1-3-7-13/h13-14H,1-8,10-12H2,(H,19,21,23). The number of rotatable bonds is 5. The number of amides is 1. The number of anilines is 1. The summed E-state index contributed by atoms with van der Waals surface area (Å²) in [4.78, 5) is 14.7. The molecular weight excluding hydrogens is 322 g/mol. The van der Waals surface area contributed by atoms with E-state index in [4.69, 9.17) is 5.26 Å². The van der Waals surface area contributed by atoms with Crippen LogP contribution in [0.25, 0.3) is 0 Å². The van der Waals surface area contributed by atoms with Crippen LogP contribution in [0.2, 0.25) is 0 Å². The van der Waals surface area contributed by atoms with E-state index in [1.54, 1.807) is 0 Å². The summed E-state index contributed by atoms with van der Waals surface area (Å²) in [6.45, 7) is 2.48. The van der Waals surface area contributed by atoms with Gasteiger partial charge < -0.3 is 10.2 Å². The molecule has 1 N–H and O–H groups in total. The second-order valence-electron chi connectivity index (χ2n) is 6.82. The highest BCUT2D eigenvalue weighted by atomic mass is 32.1. The average Bonchev–Trinajstić information content (AvgIpc) is 3.09. The molecule has 1 aromatic heterocycles. The maximum absolute atomic E-state index is 12.5. The van der Waals surface area contributed by atoms with Crippen molar-refractivity contribution < 1.29 is 4.79 Å². The predicted octanol–water partition coefficient (Wildman–Crippen LogP) is 3.15. The second-order valence-corrected chi connectivity index (χ2v) is 7.83. The molecule has 1 saturated carbocycles. The number of piperidine rings is 1. The van der Waals surface area contributed by atoms with E-state index in [9.17, 15) is 4.79 Å². The molecule has 1 amide bonds. The number of hydrogen-bond acceptors (Lipinski definition) is 6. The molecule has 2 aliphatic rings. The van der Waals surface area contributed by atoms with E-state index >= 15 is 0 Å². The van der Waals surface area contributed by atoms with Crippen molar-refractivity contribution in [2.75, 3.05) is 25.0 Å². The molecule has 2 fully saturated rings. The van der Waals surface area contributed by atoms with Gasteiger partial charge >= 0.3 is 0 Å². The summed E-state index contributed by atoms with van der Waals surface area (Å²) in [7, 11) is 0. The summed E-state index contributed by atoms with van der Waals surface area (Å²) < 4.78 is 0. The summed E-state index contributed by atoms with van der Waals surface area (Å²) in [5, 5.41) is 21.9. The number of carbonyl (C=O) groups excluding carboxylic acids is 1. The minimum absolute atomic E-state index is 0.0144. The maximum Gasteiger partial charge on any atom is 0.230 e. The summed E-state index contributed by atoms with van der Waals surface area (Å²) in [5.41, 5.74) is 0. The first-order valence-corrected chi connectivity index (χ1v) is 9.81. The highest BCUT2D eigenvalue weighted by Gasteiger charge is 2.27. The Bertz CT molecular complexity index is 590. The minimum Gasteiger partial charge on any atom is -0.302 e. The zero-order chi connectivity index (χ0) is 16.8. The van der Waals surface area contributed by atoms with Gasteiger partial charge in [-0.25, -0.2) is 0 Å². The van der Waals surface area contributed by atoms with Gasteiger partial charge in [-0.05, 0) is 32.2 Å². The smallest absolute Gasteiger partial charge is 0.230 e. The van der Waals surface area contributed by atoms with Crippen molar-refractivity contribution in [1.82, 2.24) is 15.1 Å². The Balaban J connectivity index is 1.52.